The van der Waals surface area contributed by atoms with Crippen LogP contribution in [0.1, 0.15) is 49.4 Å². The second-order valence-corrected chi connectivity index (χ2v) is 15.2. The Kier molecular flexibility index (Phi) is 16.0. The van der Waals surface area contributed by atoms with Gasteiger partial charge in [-0.15, -0.1) is 0 Å². The number of hydrogen-bond donors (Lipinski definition) is 6. The molecule has 2 atom stereocenters. The lowest BCUT2D eigenvalue weighted by Crippen LogP contribution is -2.37. The third-order valence-corrected chi connectivity index (χ3v) is 9.15. The van der Waals surface area contributed by atoms with Gasteiger partial charge in [0.1, 0.15) is 42.1 Å². The van der Waals surface area contributed by atoms with Gasteiger partial charge in [0.15, 0.2) is 0 Å². The quantitative estimate of drug-likeness (QED) is 0.0578. The highest BCUT2D eigenvalue weighted by Crippen LogP contribution is 2.21. The fourth-order valence-electron chi connectivity index (χ4n) is 6.25. The predicted octanol–water partition coefficient (Wildman–Crippen LogP) is 6.08. The van der Waals surface area contributed by atoms with Crippen LogP contribution >= 0.6 is 0 Å². The number of anilines is 6. The first-order valence-corrected chi connectivity index (χ1v) is 20.5. The minimum absolute atomic E-state index is 0.0411. The summed E-state index contributed by atoms with van der Waals surface area (Å²) in [5.41, 5.74) is 3.36. The maximum atomic E-state index is 14.1. The molecule has 0 aliphatic carbocycles. The maximum absolute atomic E-state index is 14.1. The van der Waals surface area contributed by atoms with E-state index in [1.54, 1.807) is 75.3 Å². The molecule has 0 saturated carbocycles. The molecular formula is C43H51F3N14O4. The molecule has 21 heteroatoms. The summed E-state index contributed by atoms with van der Waals surface area (Å²) in [6, 6.07) is 11.6. The average molecular weight is 885 g/mol. The van der Waals surface area contributed by atoms with E-state index in [4.69, 9.17) is 9.47 Å². The van der Waals surface area contributed by atoms with E-state index >= 15 is 0 Å². The molecule has 6 aromatic rings. The van der Waals surface area contributed by atoms with Gasteiger partial charge in [-0.05, 0) is 75.6 Å². The van der Waals surface area contributed by atoms with Crippen LogP contribution < -0.4 is 36.6 Å². The van der Waals surface area contributed by atoms with Crippen molar-refractivity contribution in [2.45, 2.75) is 85.7 Å². The summed E-state index contributed by atoms with van der Waals surface area (Å²) in [7, 11) is 0. The second-order valence-electron chi connectivity index (χ2n) is 15.2. The van der Waals surface area contributed by atoms with Gasteiger partial charge >= 0.3 is 0 Å². The Hall–Kier alpha value is -7.29. The molecule has 5 heterocycles. The number of carbonyl (C=O) groups excluding carboxylic acids is 2. The fraction of sp³-hybridized carbons (Fsp3) is 0.349. The van der Waals surface area contributed by atoms with E-state index in [1.807, 2.05) is 19.9 Å². The van der Waals surface area contributed by atoms with Crippen LogP contribution in [0.2, 0.25) is 0 Å². The van der Waals surface area contributed by atoms with Gasteiger partial charge < -0.3 is 41.4 Å². The van der Waals surface area contributed by atoms with Crippen LogP contribution in [0.15, 0.2) is 79.6 Å². The van der Waals surface area contributed by atoms with Crippen molar-refractivity contribution in [3.8, 4) is 5.75 Å². The molecule has 6 N–H and O–H groups in total. The molecule has 2 unspecified atom stereocenters. The average Bonchev–Trinajstić information content (AvgIpc) is 4.01. The zero-order valence-electron chi connectivity index (χ0n) is 36.0. The number of halogens is 3. The van der Waals surface area contributed by atoms with E-state index < -0.39 is 18.0 Å². The van der Waals surface area contributed by atoms with Gasteiger partial charge in [-0.2, -0.15) is 20.2 Å². The lowest BCUT2D eigenvalue weighted by Gasteiger charge is -2.12. The first-order chi connectivity index (χ1) is 30.7. The van der Waals surface area contributed by atoms with Gasteiger partial charge in [0, 0.05) is 68.6 Å². The highest BCUT2D eigenvalue weighted by Gasteiger charge is 2.18. The molecule has 1 aliphatic rings. The normalized spacial score (nSPS) is 13.7. The van der Waals surface area contributed by atoms with E-state index in [1.165, 1.54) is 28.4 Å². The molecule has 1 saturated heterocycles. The molecule has 2 amide bonds. The van der Waals surface area contributed by atoms with Crippen molar-refractivity contribution in [3.05, 3.63) is 114 Å². The lowest BCUT2D eigenvalue weighted by atomic mass is 10.1. The number of alkyl halides is 1. The number of aryl methyl sites for hydroxylation is 2. The molecule has 18 nitrogen and oxygen atoms in total. The zero-order valence-corrected chi connectivity index (χ0v) is 36.0. The third-order valence-electron chi connectivity index (χ3n) is 9.15. The first-order valence-electron chi connectivity index (χ1n) is 20.5. The predicted molar refractivity (Wildman–Crippen MR) is 234 cm³/mol. The van der Waals surface area contributed by atoms with Crippen LogP contribution in [-0.4, -0.2) is 83.0 Å². The molecular weight excluding hydrogens is 834 g/mol. The Balaban J connectivity index is 0.000000213. The van der Waals surface area contributed by atoms with Gasteiger partial charge in [0.25, 0.3) is 0 Å². The Bertz CT molecular complexity index is 2470. The van der Waals surface area contributed by atoms with E-state index in [-0.39, 0.29) is 55.0 Å². The van der Waals surface area contributed by atoms with E-state index in [9.17, 15) is 22.8 Å². The van der Waals surface area contributed by atoms with E-state index in [2.05, 4.69) is 62.0 Å². The van der Waals surface area contributed by atoms with Crippen molar-refractivity contribution < 1.29 is 32.2 Å². The second kappa shape index (κ2) is 22.2. The number of nitrogens with zero attached hydrogens (tertiary/aromatic N) is 8. The molecule has 1 fully saturated rings. The molecule has 338 valence electrons. The Morgan fingerprint density at radius 2 is 1.55 bits per heavy atom. The van der Waals surface area contributed by atoms with E-state index in [0.29, 0.717) is 60.0 Å². The third kappa shape index (κ3) is 14.4. The molecule has 7 rings (SSSR count). The SMILES string of the molecule is CC(C)NC(=O)Cn1cc(Nc2nccc(NCc3cccc(OC(C)F)c3)n2)cn1.Cc1cc(F)c(CNc2nc(Nc3cnn(CC(=O)NC4CCOC4)c3)ncc2C)c(F)c1. The minimum Gasteiger partial charge on any atom is -0.461 e. The summed E-state index contributed by atoms with van der Waals surface area (Å²) in [5.74, 6) is 0.724. The standard InChI is InChI=1S/C22H25F2N7O2.C21H26FN7O2/c1-13-5-18(23)17(19(24)6-13)9-25-21-14(2)7-26-22(30-21)29-16-8-27-31(10-16)11-20(32)28-15-3-4-33-12-15;1-14(2)26-20(30)13-29-12-17(11-25-29)27-21-23-8-7-19(28-21)24-10-16-5-4-6-18(9-16)31-15(3)22/h5-8,10,15H,3-4,9,11-12H2,1-2H3,(H,28,32)(H2,25,26,29,30);4-9,11-12,14-15H,10,13H2,1-3H3,(H,26,30)(H2,23,24,27,28). The molecule has 2 aromatic carbocycles. The zero-order chi connectivity index (χ0) is 45.6. The van der Waals surface area contributed by atoms with Gasteiger partial charge in [0.2, 0.25) is 30.1 Å². The fourth-order valence-corrected chi connectivity index (χ4v) is 6.25. The number of carbonyl (C=O) groups is 2. The maximum Gasteiger partial charge on any atom is 0.242 e. The van der Waals surface area contributed by atoms with Crippen LogP contribution in [0, 0.1) is 25.5 Å². The number of aromatic nitrogens is 8. The molecule has 0 spiro atoms. The monoisotopic (exact) mass is 884 g/mol. The number of benzene rings is 2. The Morgan fingerprint density at radius 3 is 2.20 bits per heavy atom. The van der Waals surface area contributed by atoms with Crippen molar-refractivity contribution in [1.82, 2.24) is 50.1 Å². The smallest absolute Gasteiger partial charge is 0.242 e. The Morgan fingerprint density at radius 1 is 0.859 bits per heavy atom. The number of nitrogens with one attached hydrogen (secondary N) is 6. The summed E-state index contributed by atoms with van der Waals surface area (Å²) < 4.78 is 54.6. The van der Waals surface area contributed by atoms with Crippen LogP contribution in [0.5, 0.6) is 5.75 Å². The van der Waals surface area contributed by atoms with Crippen molar-refractivity contribution in [2.24, 2.45) is 0 Å². The van der Waals surface area contributed by atoms with Crippen LogP contribution in [-0.2, 0) is 40.5 Å². The number of rotatable bonds is 18. The number of amides is 2. The van der Waals surface area contributed by atoms with Crippen LogP contribution in [0.25, 0.3) is 0 Å². The molecule has 64 heavy (non-hydrogen) atoms. The van der Waals surface area contributed by atoms with Gasteiger partial charge in [0.05, 0.1) is 36.4 Å². The summed E-state index contributed by atoms with van der Waals surface area (Å²) >= 11 is 0. The highest BCUT2D eigenvalue weighted by molar-refractivity contribution is 5.76. The first kappa shape index (κ1) is 46.2. The topological polar surface area (TPSA) is 212 Å². The van der Waals surface area contributed by atoms with Crippen LogP contribution in [0.3, 0.4) is 0 Å². The summed E-state index contributed by atoms with van der Waals surface area (Å²) in [6.07, 6.45) is 9.19. The van der Waals surface area contributed by atoms with Crippen molar-refractivity contribution in [2.75, 3.05) is 34.5 Å². The van der Waals surface area contributed by atoms with Crippen LogP contribution in [0.4, 0.5) is 48.1 Å². The molecule has 0 radical (unpaired) electrons. The number of ether oxygens (including phenoxy) is 2. The minimum atomic E-state index is -1.37. The Labute approximate surface area is 367 Å². The van der Waals surface area contributed by atoms with Gasteiger partial charge in [-0.25, -0.2) is 23.1 Å². The van der Waals surface area contributed by atoms with Gasteiger partial charge in [-0.3, -0.25) is 19.0 Å². The summed E-state index contributed by atoms with van der Waals surface area (Å²) in [5, 5.41) is 26.3. The molecule has 1 aliphatic heterocycles. The van der Waals surface area contributed by atoms with Crippen molar-refractivity contribution in [3.63, 3.8) is 0 Å². The van der Waals surface area contributed by atoms with Crippen molar-refractivity contribution in [1.29, 1.82) is 0 Å². The largest absolute Gasteiger partial charge is 0.461 e. The van der Waals surface area contributed by atoms with Crippen molar-refractivity contribution >= 4 is 46.7 Å². The number of hydrogen-bond acceptors (Lipinski definition) is 14. The summed E-state index contributed by atoms with van der Waals surface area (Å²) in [4.78, 5) is 41.2. The lowest BCUT2D eigenvalue weighted by molar-refractivity contribution is -0.123. The van der Waals surface area contributed by atoms with E-state index in [0.717, 1.165) is 17.5 Å². The highest BCUT2D eigenvalue weighted by atomic mass is 19.1. The van der Waals surface area contributed by atoms with Gasteiger partial charge in [-0.1, -0.05) is 12.1 Å². The summed E-state index contributed by atoms with van der Waals surface area (Å²) in [6.45, 7) is 10.4. The molecule has 0 bridgehead atoms. The molecule has 4 aromatic heterocycles.